The molecular formula is C25H24. The Balaban J connectivity index is 2.20. The summed E-state index contributed by atoms with van der Waals surface area (Å²) >= 11 is 0. The Kier molecular flexibility index (Phi) is 3.65. The van der Waals surface area contributed by atoms with Gasteiger partial charge in [-0.1, -0.05) is 54.6 Å². The lowest BCUT2D eigenvalue weighted by Crippen LogP contribution is -1.92. The maximum atomic E-state index is 2.30. The number of fused-ring (bicyclic) bond motifs is 2. The summed E-state index contributed by atoms with van der Waals surface area (Å²) in [6, 6.07) is 20.3. The van der Waals surface area contributed by atoms with Crippen LogP contribution in [0.25, 0.3) is 32.7 Å². The average Bonchev–Trinajstić information content (AvgIpc) is 2.59. The van der Waals surface area contributed by atoms with Gasteiger partial charge in [0.2, 0.25) is 0 Å². The highest BCUT2D eigenvalue weighted by Crippen LogP contribution is 2.39. The Morgan fingerprint density at radius 1 is 0.400 bits per heavy atom. The van der Waals surface area contributed by atoms with E-state index in [4.69, 9.17) is 0 Å². The molecule has 0 aliphatic carbocycles. The quantitative estimate of drug-likeness (QED) is 0.347. The monoisotopic (exact) mass is 324 g/mol. The lowest BCUT2D eigenvalue weighted by Gasteiger charge is -2.17. The van der Waals surface area contributed by atoms with E-state index >= 15 is 0 Å². The van der Waals surface area contributed by atoms with Crippen molar-refractivity contribution in [3.8, 4) is 11.1 Å². The van der Waals surface area contributed by atoms with E-state index < -0.39 is 0 Å². The number of hydrogen-bond donors (Lipinski definition) is 0. The average molecular weight is 324 g/mol. The molecule has 0 aliphatic rings. The second-order valence-electron chi connectivity index (χ2n) is 7.31. The molecule has 0 heterocycles. The summed E-state index contributed by atoms with van der Waals surface area (Å²) in [6.45, 7) is 11.1. The van der Waals surface area contributed by atoms with Crippen molar-refractivity contribution >= 4 is 21.5 Å². The fraction of sp³-hybridized carbons (Fsp3) is 0.200. The first kappa shape index (κ1) is 15.9. The molecule has 0 fully saturated rings. The zero-order valence-electron chi connectivity index (χ0n) is 15.7. The Bertz CT molecular complexity index is 1110. The van der Waals surface area contributed by atoms with E-state index in [2.05, 4.69) is 89.2 Å². The van der Waals surface area contributed by atoms with Gasteiger partial charge in [-0.2, -0.15) is 0 Å². The minimum absolute atomic E-state index is 1.34. The van der Waals surface area contributed by atoms with Gasteiger partial charge in [-0.3, -0.25) is 0 Å². The van der Waals surface area contributed by atoms with Gasteiger partial charge in [-0.15, -0.1) is 0 Å². The molecule has 0 unspecified atom stereocenters. The van der Waals surface area contributed by atoms with E-state index in [1.54, 1.807) is 0 Å². The zero-order chi connectivity index (χ0) is 17.7. The molecule has 124 valence electrons. The Labute approximate surface area is 150 Å². The fourth-order valence-electron chi connectivity index (χ4n) is 4.30. The molecule has 25 heavy (non-hydrogen) atoms. The van der Waals surface area contributed by atoms with Crippen LogP contribution in [0.15, 0.2) is 54.6 Å². The van der Waals surface area contributed by atoms with Crippen molar-refractivity contribution in [3.63, 3.8) is 0 Å². The first-order chi connectivity index (χ1) is 12.0. The third kappa shape index (κ3) is 2.36. The highest BCUT2D eigenvalue weighted by atomic mass is 14.2. The van der Waals surface area contributed by atoms with Crippen molar-refractivity contribution in [2.75, 3.05) is 0 Å². The molecule has 4 rings (SSSR count). The largest absolute Gasteiger partial charge is 0.0613 e. The molecule has 0 amide bonds. The van der Waals surface area contributed by atoms with Gasteiger partial charge in [-0.05, 0) is 95.1 Å². The third-order valence-corrected chi connectivity index (χ3v) is 5.53. The molecule has 0 nitrogen and oxygen atoms in total. The summed E-state index contributed by atoms with van der Waals surface area (Å²) in [6.07, 6.45) is 0. The first-order valence-electron chi connectivity index (χ1n) is 8.98. The van der Waals surface area contributed by atoms with Gasteiger partial charge in [0.15, 0.2) is 0 Å². The first-order valence-corrected chi connectivity index (χ1v) is 8.98. The molecule has 0 N–H and O–H groups in total. The van der Waals surface area contributed by atoms with Gasteiger partial charge in [-0.25, -0.2) is 0 Å². The van der Waals surface area contributed by atoms with Gasteiger partial charge in [0.1, 0.15) is 0 Å². The molecule has 4 aromatic carbocycles. The molecular weight excluding hydrogens is 300 g/mol. The van der Waals surface area contributed by atoms with Crippen LogP contribution < -0.4 is 0 Å². The lowest BCUT2D eigenvalue weighted by molar-refractivity contribution is 1.42. The molecule has 4 aromatic rings. The number of rotatable bonds is 1. The minimum atomic E-state index is 1.34. The van der Waals surface area contributed by atoms with Gasteiger partial charge in [0.05, 0.1) is 0 Å². The van der Waals surface area contributed by atoms with Crippen molar-refractivity contribution in [1.29, 1.82) is 0 Å². The van der Waals surface area contributed by atoms with E-state index in [0.717, 1.165) is 0 Å². The molecule has 0 aromatic heterocycles. The summed E-state index contributed by atoms with van der Waals surface area (Å²) in [5, 5.41) is 5.54. The van der Waals surface area contributed by atoms with Crippen LogP contribution in [0.3, 0.4) is 0 Å². The van der Waals surface area contributed by atoms with Crippen LogP contribution in [0.2, 0.25) is 0 Å². The zero-order valence-corrected chi connectivity index (χ0v) is 15.7. The lowest BCUT2D eigenvalue weighted by atomic mass is 9.87. The smallest absolute Gasteiger partial charge is 0.00706 e. The van der Waals surface area contributed by atoms with Crippen molar-refractivity contribution in [3.05, 3.63) is 82.4 Å². The molecule has 0 atom stereocenters. The summed E-state index contributed by atoms with van der Waals surface area (Å²) in [5.74, 6) is 0. The highest BCUT2D eigenvalue weighted by Gasteiger charge is 2.13. The maximum Gasteiger partial charge on any atom is -0.00706 e. The summed E-state index contributed by atoms with van der Waals surface area (Å²) in [4.78, 5) is 0. The van der Waals surface area contributed by atoms with E-state index in [0.29, 0.717) is 0 Å². The summed E-state index contributed by atoms with van der Waals surface area (Å²) in [5.41, 5.74) is 9.43. The van der Waals surface area contributed by atoms with Gasteiger partial charge >= 0.3 is 0 Å². The van der Waals surface area contributed by atoms with Crippen molar-refractivity contribution in [1.82, 2.24) is 0 Å². The van der Waals surface area contributed by atoms with Gasteiger partial charge in [0, 0.05) is 0 Å². The van der Waals surface area contributed by atoms with Gasteiger partial charge in [0.25, 0.3) is 0 Å². The maximum absolute atomic E-state index is 2.30. The molecule has 0 aliphatic heterocycles. The van der Waals surface area contributed by atoms with Crippen LogP contribution in [-0.2, 0) is 0 Å². The van der Waals surface area contributed by atoms with E-state index in [1.165, 1.54) is 60.5 Å². The van der Waals surface area contributed by atoms with Crippen molar-refractivity contribution < 1.29 is 0 Å². The normalized spacial score (nSPS) is 11.4. The van der Waals surface area contributed by atoms with Crippen LogP contribution in [0, 0.1) is 34.6 Å². The van der Waals surface area contributed by atoms with Crippen LogP contribution in [0.1, 0.15) is 27.8 Å². The van der Waals surface area contributed by atoms with Crippen molar-refractivity contribution in [2.24, 2.45) is 0 Å². The number of aryl methyl sites for hydroxylation is 5. The number of hydrogen-bond acceptors (Lipinski definition) is 0. The Morgan fingerprint density at radius 3 is 1.56 bits per heavy atom. The van der Waals surface area contributed by atoms with Gasteiger partial charge < -0.3 is 0 Å². The molecule has 0 saturated carbocycles. The van der Waals surface area contributed by atoms with Crippen LogP contribution >= 0.6 is 0 Å². The van der Waals surface area contributed by atoms with E-state index in [1.807, 2.05) is 0 Å². The molecule has 0 saturated heterocycles. The molecule has 0 heteroatoms. The topological polar surface area (TPSA) is 0 Å². The molecule has 0 spiro atoms. The molecule has 0 bridgehead atoms. The minimum Gasteiger partial charge on any atom is -0.0613 e. The van der Waals surface area contributed by atoms with Crippen LogP contribution in [0.5, 0.6) is 0 Å². The third-order valence-electron chi connectivity index (χ3n) is 5.53. The highest BCUT2D eigenvalue weighted by molar-refractivity contribution is 6.09. The molecule has 0 radical (unpaired) electrons. The second-order valence-corrected chi connectivity index (χ2v) is 7.31. The van der Waals surface area contributed by atoms with E-state index in [-0.39, 0.29) is 0 Å². The Hall–Kier alpha value is -2.60. The predicted molar refractivity (Wildman–Crippen MR) is 111 cm³/mol. The number of benzene rings is 4. The van der Waals surface area contributed by atoms with E-state index in [9.17, 15) is 0 Å². The SMILES string of the molecule is Cc1cccc2c(-c3ccc(C)c4c(C)ccc(C)c34)ccc(C)c12. The van der Waals surface area contributed by atoms with Crippen molar-refractivity contribution in [2.45, 2.75) is 34.6 Å². The summed E-state index contributed by atoms with van der Waals surface area (Å²) in [7, 11) is 0. The Morgan fingerprint density at radius 2 is 0.880 bits per heavy atom. The standard InChI is InChI=1S/C25H24/c1-15-7-6-8-21-20(13-11-16(2)23(15)21)22-14-12-18(4)24-17(3)9-10-19(5)25(22)24/h6-14H,1-5H3. The fourth-order valence-corrected chi connectivity index (χ4v) is 4.30. The van der Waals surface area contributed by atoms with Crippen LogP contribution in [0.4, 0.5) is 0 Å². The second kappa shape index (κ2) is 5.74. The van der Waals surface area contributed by atoms with Crippen LogP contribution in [-0.4, -0.2) is 0 Å². The predicted octanol–water partition coefficient (Wildman–Crippen LogP) is 7.20. The summed E-state index contributed by atoms with van der Waals surface area (Å²) < 4.78 is 0.